The summed E-state index contributed by atoms with van der Waals surface area (Å²) in [4.78, 5) is 2.21. The lowest BCUT2D eigenvalue weighted by Crippen LogP contribution is -2.19. The molecule has 1 aliphatic heterocycles. The van der Waals surface area contributed by atoms with Crippen LogP contribution in [0.15, 0.2) is 12.1 Å². The molecule has 0 amide bonds. The van der Waals surface area contributed by atoms with Gasteiger partial charge in [-0.2, -0.15) is 0 Å². The Kier molecular flexibility index (Phi) is 4.31. The summed E-state index contributed by atoms with van der Waals surface area (Å²) in [5, 5.41) is 3.36. The zero-order chi connectivity index (χ0) is 13.0. The molecule has 0 unspecified atom stereocenters. The molecule has 0 atom stereocenters. The quantitative estimate of drug-likeness (QED) is 0.866. The van der Waals surface area contributed by atoms with Gasteiger partial charge in [0.05, 0.1) is 12.8 Å². The zero-order valence-electron chi connectivity index (χ0n) is 11.5. The first-order valence-electron chi connectivity index (χ1n) is 6.43. The number of hydrogen-bond donors (Lipinski definition) is 1. The van der Waals surface area contributed by atoms with Gasteiger partial charge in [-0.05, 0) is 51.2 Å². The van der Waals surface area contributed by atoms with E-state index in [0.717, 1.165) is 43.1 Å². The van der Waals surface area contributed by atoms with Gasteiger partial charge in [0.25, 0.3) is 0 Å². The molecule has 1 aromatic rings. The second kappa shape index (κ2) is 5.96. The summed E-state index contributed by atoms with van der Waals surface area (Å²) in [5.74, 6) is 1.68. The molecule has 0 saturated carbocycles. The van der Waals surface area contributed by atoms with Crippen molar-refractivity contribution in [3.05, 3.63) is 17.7 Å². The summed E-state index contributed by atoms with van der Waals surface area (Å²) < 4.78 is 11.1. The molecular weight excluding hydrogens is 228 g/mol. The minimum Gasteiger partial charge on any atom is -0.493 e. The molecular formula is C14H22N2O2. The normalized spacial score (nSPS) is 13.8. The maximum Gasteiger partial charge on any atom is 0.184 e. The van der Waals surface area contributed by atoms with Gasteiger partial charge in [-0.3, -0.25) is 0 Å². The van der Waals surface area contributed by atoms with E-state index < -0.39 is 0 Å². The molecule has 18 heavy (non-hydrogen) atoms. The van der Waals surface area contributed by atoms with Crippen LogP contribution < -0.4 is 14.8 Å². The molecule has 4 heteroatoms. The molecule has 0 saturated heterocycles. The first-order valence-corrected chi connectivity index (χ1v) is 6.43. The number of rotatable bonds is 5. The van der Waals surface area contributed by atoms with E-state index in [-0.39, 0.29) is 0 Å². The smallest absolute Gasteiger partial charge is 0.184 e. The summed E-state index contributed by atoms with van der Waals surface area (Å²) in [5.41, 5.74) is 2.35. The number of hydrogen-bond acceptors (Lipinski definition) is 4. The van der Waals surface area contributed by atoms with Gasteiger partial charge in [0, 0.05) is 6.54 Å². The van der Waals surface area contributed by atoms with Crippen molar-refractivity contribution >= 4 is 5.69 Å². The van der Waals surface area contributed by atoms with Crippen molar-refractivity contribution < 1.29 is 9.47 Å². The fourth-order valence-electron chi connectivity index (χ4n) is 2.17. The van der Waals surface area contributed by atoms with Gasteiger partial charge in [0.15, 0.2) is 11.5 Å². The molecule has 1 heterocycles. The second-order valence-electron chi connectivity index (χ2n) is 4.86. The number of nitrogens with zero attached hydrogens (tertiary/aromatic N) is 1. The van der Waals surface area contributed by atoms with Crippen LogP contribution in [-0.2, 0) is 6.42 Å². The van der Waals surface area contributed by atoms with Crippen LogP contribution in [0.1, 0.15) is 12.0 Å². The van der Waals surface area contributed by atoms with Crippen molar-refractivity contribution in [3.63, 3.8) is 0 Å². The summed E-state index contributed by atoms with van der Waals surface area (Å²) in [6.45, 7) is 2.66. The maximum absolute atomic E-state index is 5.65. The fourth-order valence-corrected chi connectivity index (χ4v) is 2.17. The van der Waals surface area contributed by atoms with Gasteiger partial charge in [-0.25, -0.2) is 0 Å². The van der Waals surface area contributed by atoms with Crippen LogP contribution in [-0.4, -0.2) is 45.8 Å². The highest BCUT2D eigenvalue weighted by atomic mass is 16.5. The minimum absolute atomic E-state index is 0.698. The van der Waals surface area contributed by atoms with E-state index >= 15 is 0 Å². The van der Waals surface area contributed by atoms with Crippen LogP contribution in [0.5, 0.6) is 11.5 Å². The molecule has 1 aliphatic rings. The van der Waals surface area contributed by atoms with Crippen LogP contribution in [0.2, 0.25) is 0 Å². The lowest BCUT2D eigenvalue weighted by atomic mass is 10.1. The van der Waals surface area contributed by atoms with Crippen LogP contribution in [0.3, 0.4) is 0 Å². The summed E-state index contributed by atoms with van der Waals surface area (Å²) >= 11 is 0. The zero-order valence-corrected chi connectivity index (χ0v) is 11.5. The number of aryl methyl sites for hydroxylation is 1. The predicted octanol–water partition coefficient (Wildman–Crippen LogP) is 1.99. The average Bonchev–Trinajstić information content (AvgIpc) is 2.37. The first-order chi connectivity index (χ1) is 8.70. The van der Waals surface area contributed by atoms with Crippen molar-refractivity contribution in [2.45, 2.75) is 12.8 Å². The lowest BCUT2D eigenvalue weighted by molar-refractivity contribution is 0.297. The molecule has 2 rings (SSSR count). The Bertz CT molecular complexity index is 388. The van der Waals surface area contributed by atoms with Crippen LogP contribution in [0.4, 0.5) is 5.69 Å². The molecule has 0 radical (unpaired) electrons. The summed E-state index contributed by atoms with van der Waals surface area (Å²) in [7, 11) is 5.89. The Morgan fingerprint density at radius 2 is 2.22 bits per heavy atom. The average molecular weight is 250 g/mol. The van der Waals surface area contributed by atoms with Gasteiger partial charge in [-0.1, -0.05) is 0 Å². The van der Waals surface area contributed by atoms with Gasteiger partial charge < -0.3 is 19.7 Å². The number of fused-ring (bicyclic) bond motifs is 1. The van der Waals surface area contributed by atoms with E-state index in [1.165, 1.54) is 5.56 Å². The third kappa shape index (κ3) is 3.07. The van der Waals surface area contributed by atoms with Crippen LogP contribution in [0, 0.1) is 0 Å². The number of benzene rings is 1. The molecule has 0 bridgehead atoms. The second-order valence-corrected chi connectivity index (χ2v) is 4.86. The molecule has 100 valence electrons. The van der Waals surface area contributed by atoms with E-state index in [4.69, 9.17) is 9.47 Å². The number of anilines is 1. The monoisotopic (exact) mass is 250 g/mol. The van der Waals surface area contributed by atoms with Crippen molar-refractivity contribution in [3.8, 4) is 11.5 Å². The highest BCUT2D eigenvalue weighted by Crippen LogP contribution is 2.38. The van der Waals surface area contributed by atoms with Crippen molar-refractivity contribution in [1.29, 1.82) is 0 Å². The Labute approximate surface area is 109 Å². The van der Waals surface area contributed by atoms with Gasteiger partial charge in [-0.15, -0.1) is 0 Å². The van der Waals surface area contributed by atoms with Gasteiger partial charge >= 0.3 is 0 Å². The van der Waals surface area contributed by atoms with Crippen LogP contribution >= 0.6 is 0 Å². The van der Waals surface area contributed by atoms with E-state index in [2.05, 4.69) is 36.4 Å². The summed E-state index contributed by atoms with van der Waals surface area (Å²) in [6, 6.07) is 4.26. The fraction of sp³-hybridized carbons (Fsp3) is 0.571. The Morgan fingerprint density at radius 1 is 1.39 bits per heavy atom. The standard InChI is InChI=1S/C14H22N2O2/c1-16(2)7-4-5-11-9-12-14(13(10-11)17-3)18-8-6-15-12/h9-10,15H,4-8H2,1-3H3. The third-order valence-electron chi connectivity index (χ3n) is 3.07. The molecule has 0 aliphatic carbocycles. The molecule has 1 aromatic carbocycles. The number of ether oxygens (including phenoxy) is 2. The van der Waals surface area contributed by atoms with E-state index in [1.807, 2.05) is 0 Å². The Morgan fingerprint density at radius 3 is 2.94 bits per heavy atom. The summed E-state index contributed by atoms with van der Waals surface area (Å²) in [6.07, 6.45) is 2.21. The lowest BCUT2D eigenvalue weighted by Gasteiger charge is -2.22. The number of methoxy groups -OCH3 is 1. The van der Waals surface area contributed by atoms with Gasteiger partial charge in [0.1, 0.15) is 6.61 Å². The Balaban J connectivity index is 2.11. The first kappa shape index (κ1) is 13.0. The molecule has 0 fully saturated rings. The number of nitrogens with one attached hydrogen (secondary N) is 1. The largest absolute Gasteiger partial charge is 0.493 e. The highest BCUT2D eigenvalue weighted by Gasteiger charge is 2.16. The minimum atomic E-state index is 0.698. The molecule has 0 spiro atoms. The van der Waals surface area contributed by atoms with Crippen molar-refractivity contribution in [2.75, 3.05) is 46.2 Å². The van der Waals surface area contributed by atoms with E-state index in [9.17, 15) is 0 Å². The predicted molar refractivity (Wildman–Crippen MR) is 73.9 cm³/mol. The Hall–Kier alpha value is -1.42. The highest BCUT2D eigenvalue weighted by molar-refractivity contribution is 5.66. The van der Waals surface area contributed by atoms with Crippen LogP contribution in [0.25, 0.3) is 0 Å². The molecule has 4 nitrogen and oxygen atoms in total. The molecule has 0 aromatic heterocycles. The maximum atomic E-state index is 5.65. The third-order valence-corrected chi connectivity index (χ3v) is 3.07. The van der Waals surface area contributed by atoms with E-state index in [0.29, 0.717) is 6.61 Å². The van der Waals surface area contributed by atoms with Crippen molar-refractivity contribution in [2.24, 2.45) is 0 Å². The van der Waals surface area contributed by atoms with E-state index in [1.54, 1.807) is 7.11 Å². The SMILES string of the molecule is COc1cc(CCCN(C)C)cc2c1OCCN2. The van der Waals surface area contributed by atoms with Gasteiger partial charge in [0.2, 0.25) is 0 Å². The molecule has 1 N–H and O–H groups in total. The topological polar surface area (TPSA) is 33.7 Å². The van der Waals surface area contributed by atoms with Crippen molar-refractivity contribution in [1.82, 2.24) is 4.90 Å².